The average Bonchev–Trinajstić information content (AvgIpc) is 2.54. The molecule has 0 aromatic heterocycles. The zero-order valence-electron chi connectivity index (χ0n) is 15.4. The van der Waals surface area contributed by atoms with E-state index in [0.29, 0.717) is 0 Å². The van der Waals surface area contributed by atoms with Gasteiger partial charge in [0.05, 0.1) is 6.42 Å². The Hall–Kier alpha value is -2.70. The molecule has 1 saturated heterocycles. The molecule has 0 aliphatic carbocycles. The molecule has 1 aromatic carbocycles. The molecule has 0 saturated carbocycles. The summed E-state index contributed by atoms with van der Waals surface area (Å²) in [5.74, 6) is -2.14. The molecule has 1 aromatic rings. The van der Waals surface area contributed by atoms with Crippen LogP contribution in [0.15, 0.2) is 30.3 Å². The molecule has 140 valence electrons. The highest BCUT2D eigenvalue weighted by Crippen LogP contribution is 2.25. The van der Waals surface area contributed by atoms with E-state index in [0.717, 1.165) is 10.5 Å². The number of ketones is 1. The Morgan fingerprint density at radius 2 is 1.85 bits per heavy atom. The maximum absolute atomic E-state index is 12.4. The molecule has 1 aliphatic heterocycles. The maximum Gasteiger partial charge on any atom is 0.329 e. The summed E-state index contributed by atoms with van der Waals surface area (Å²) < 4.78 is 5.25. The molecule has 1 unspecified atom stereocenters. The fourth-order valence-electron chi connectivity index (χ4n) is 2.72. The Balaban J connectivity index is 2.07. The Bertz CT molecular complexity index is 708. The molecule has 0 spiro atoms. The van der Waals surface area contributed by atoms with Gasteiger partial charge in [0.25, 0.3) is 5.91 Å². The molecule has 0 radical (unpaired) electrons. The van der Waals surface area contributed by atoms with Crippen molar-refractivity contribution >= 4 is 23.6 Å². The van der Waals surface area contributed by atoms with Crippen LogP contribution >= 0.6 is 0 Å². The smallest absolute Gasteiger partial charge is 0.329 e. The lowest BCUT2D eigenvalue weighted by Crippen LogP contribution is -2.67. The number of ether oxygens (including phenoxy) is 1. The number of nitrogens with one attached hydrogen (secondary N) is 1. The van der Waals surface area contributed by atoms with Gasteiger partial charge in [-0.05, 0) is 33.3 Å². The van der Waals surface area contributed by atoms with E-state index in [1.54, 1.807) is 20.8 Å². The predicted molar refractivity (Wildman–Crippen MR) is 93.9 cm³/mol. The largest absolute Gasteiger partial charge is 0.459 e. The van der Waals surface area contributed by atoms with Gasteiger partial charge in [0.2, 0.25) is 5.91 Å². The minimum absolute atomic E-state index is 0.0666. The standard InChI is InChI=1S/C19H24N2O5/c1-12(22)16(17(24)20-19(2,3)4)21-14(10-15(21)23)18(25)26-11-13-8-6-5-7-9-13/h5-9,14,16H,10-11H2,1-4H3,(H,20,24)/t14-,16?/m0/s1. The van der Waals surface area contributed by atoms with Gasteiger partial charge < -0.3 is 15.0 Å². The van der Waals surface area contributed by atoms with Gasteiger partial charge in [-0.15, -0.1) is 0 Å². The first-order valence-corrected chi connectivity index (χ1v) is 8.44. The summed E-state index contributed by atoms with van der Waals surface area (Å²) >= 11 is 0. The highest BCUT2D eigenvalue weighted by molar-refractivity contribution is 6.10. The minimum Gasteiger partial charge on any atom is -0.459 e. The first kappa shape index (κ1) is 19.6. The third kappa shape index (κ3) is 4.68. The van der Waals surface area contributed by atoms with Crippen molar-refractivity contribution in [2.75, 3.05) is 0 Å². The van der Waals surface area contributed by atoms with Gasteiger partial charge in [0, 0.05) is 5.54 Å². The number of hydrogen-bond acceptors (Lipinski definition) is 5. The van der Waals surface area contributed by atoms with Gasteiger partial charge in [0.15, 0.2) is 11.8 Å². The van der Waals surface area contributed by atoms with Crippen molar-refractivity contribution < 1.29 is 23.9 Å². The lowest BCUT2D eigenvalue weighted by Gasteiger charge is -2.42. The van der Waals surface area contributed by atoms with E-state index in [2.05, 4.69) is 5.32 Å². The molecular weight excluding hydrogens is 336 g/mol. The zero-order chi connectivity index (χ0) is 19.5. The fraction of sp³-hybridized carbons (Fsp3) is 0.474. The van der Waals surface area contributed by atoms with Crippen molar-refractivity contribution in [1.82, 2.24) is 10.2 Å². The second-order valence-electron chi connectivity index (χ2n) is 7.37. The van der Waals surface area contributed by atoms with E-state index < -0.39 is 41.2 Å². The van der Waals surface area contributed by atoms with Gasteiger partial charge in [0.1, 0.15) is 12.6 Å². The number of likely N-dealkylation sites (tertiary alicyclic amines) is 1. The molecule has 1 fully saturated rings. The Morgan fingerprint density at radius 1 is 1.23 bits per heavy atom. The van der Waals surface area contributed by atoms with Gasteiger partial charge in [-0.1, -0.05) is 30.3 Å². The number of esters is 1. The third-order valence-corrected chi connectivity index (χ3v) is 3.90. The summed E-state index contributed by atoms with van der Waals surface area (Å²) in [7, 11) is 0. The van der Waals surface area contributed by atoms with E-state index in [1.165, 1.54) is 6.92 Å². The Kier molecular flexibility index (Phi) is 5.79. The van der Waals surface area contributed by atoms with Gasteiger partial charge in [-0.3, -0.25) is 14.4 Å². The summed E-state index contributed by atoms with van der Waals surface area (Å²) in [6.07, 6.45) is -0.0692. The number of rotatable bonds is 6. The average molecular weight is 360 g/mol. The second kappa shape index (κ2) is 7.68. The van der Waals surface area contributed by atoms with Crippen LogP contribution in [0.4, 0.5) is 0 Å². The van der Waals surface area contributed by atoms with E-state index in [9.17, 15) is 19.2 Å². The number of hydrogen-bond donors (Lipinski definition) is 1. The molecule has 7 nitrogen and oxygen atoms in total. The van der Waals surface area contributed by atoms with Crippen LogP contribution < -0.4 is 5.32 Å². The van der Waals surface area contributed by atoms with Crippen LogP contribution in [-0.4, -0.2) is 46.1 Å². The number of nitrogens with zero attached hydrogens (tertiary/aromatic N) is 1. The van der Waals surface area contributed by atoms with Gasteiger partial charge in [-0.2, -0.15) is 0 Å². The number of amides is 2. The van der Waals surface area contributed by atoms with Crippen molar-refractivity contribution in [3.8, 4) is 0 Å². The highest BCUT2D eigenvalue weighted by atomic mass is 16.5. The number of β-lactam (4-membered cyclic amide) rings is 1. The molecule has 2 amide bonds. The lowest BCUT2D eigenvalue weighted by atomic mass is 9.95. The highest BCUT2D eigenvalue weighted by Gasteiger charge is 2.50. The number of carbonyl (C=O) groups excluding carboxylic acids is 4. The monoisotopic (exact) mass is 360 g/mol. The van der Waals surface area contributed by atoms with Gasteiger partial charge >= 0.3 is 5.97 Å². The van der Waals surface area contributed by atoms with Crippen molar-refractivity contribution in [3.05, 3.63) is 35.9 Å². The molecule has 1 aliphatic rings. The van der Waals surface area contributed by atoms with Crippen molar-refractivity contribution in [1.29, 1.82) is 0 Å². The van der Waals surface area contributed by atoms with E-state index in [-0.39, 0.29) is 13.0 Å². The van der Waals surface area contributed by atoms with Crippen LogP contribution in [0.5, 0.6) is 0 Å². The second-order valence-corrected chi connectivity index (χ2v) is 7.37. The van der Waals surface area contributed by atoms with Crippen LogP contribution in [-0.2, 0) is 30.5 Å². The Labute approximate surface area is 152 Å². The maximum atomic E-state index is 12.4. The normalized spacial score (nSPS) is 17.9. The molecule has 2 rings (SSSR count). The molecule has 26 heavy (non-hydrogen) atoms. The first-order chi connectivity index (χ1) is 12.1. The van der Waals surface area contributed by atoms with Crippen LogP contribution in [0, 0.1) is 0 Å². The van der Waals surface area contributed by atoms with E-state index >= 15 is 0 Å². The minimum atomic E-state index is -1.33. The molecule has 0 bridgehead atoms. The van der Waals surface area contributed by atoms with Crippen molar-refractivity contribution in [2.45, 2.75) is 58.3 Å². The van der Waals surface area contributed by atoms with Gasteiger partial charge in [-0.25, -0.2) is 4.79 Å². The predicted octanol–water partition coefficient (Wildman–Crippen LogP) is 1.20. The Morgan fingerprint density at radius 3 is 2.35 bits per heavy atom. The number of Topliss-reactive ketones (excluding diaryl/α,β-unsaturated/α-hetero) is 1. The summed E-state index contributed by atoms with van der Waals surface area (Å²) in [4.78, 5) is 49.8. The van der Waals surface area contributed by atoms with Crippen LogP contribution in [0.3, 0.4) is 0 Å². The van der Waals surface area contributed by atoms with E-state index in [4.69, 9.17) is 4.74 Å². The van der Waals surface area contributed by atoms with Crippen LogP contribution in [0.2, 0.25) is 0 Å². The molecule has 1 heterocycles. The van der Waals surface area contributed by atoms with Crippen molar-refractivity contribution in [3.63, 3.8) is 0 Å². The summed E-state index contributed by atoms with van der Waals surface area (Å²) in [6, 6.07) is 6.87. The van der Waals surface area contributed by atoms with Crippen molar-refractivity contribution in [2.24, 2.45) is 0 Å². The summed E-state index contributed by atoms with van der Waals surface area (Å²) in [5, 5.41) is 2.68. The zero-order valence-corrected chi connectivity index (χ0v) is 15.4. The fourth-order valence-corrected chi connectivity index (χ4v) is 2.72. The number of benzene rings is 1. The number of carbonyl (C=O) groups is 4. The van der Waals surface area contributed by atoms with E-state index in [1.807, 2.05) is 30.3 Å². The first-order valence-electron chi connectivity index (χ1n) is 8.44. The topological polar surface area (TPSA) is 92.8 Å². The quantitative estimate of drug-likeness (QED) is 0.467. The SMILES string of the molecule is CC(=O)C(C(=O)NC(C)(C)C)N1C(=O)C[C@H]1C(=O)OCc1ccccc1. The van der Waals surface area contributed by atoms with Crippen LogP contribution in [0.1, 0.15) is 39.7 Å². The summed E-state index contributed by atoms with van der Waals surface area (Å²) in [5.41, 5.74) is 0.244. The summed E-state index contributed by atoms with van der Waals surface area (Å²) in [6.45, 7) is 6.60. The third-order valence-electron chi connectivity index (χ3n) is 3.90. The lowest BCUT2D eigenvalue weighted by molar-refractivity contribution is -0.173. The molecule has 2 atom stereocenters. The molecule has 7 heteroatoms. The molecule has 1 N–H and O–H groups in total. The van der Waals surface area contributed by atoms with Crippen LogP contribution in [0.25, 0.3) is 0 Å². The molecular formula is C19H24N2O5.